The number of hydrogen-bond donors (Lipinski definition) is 0. The molecule has 0 atom stereocenters. The molecule has 0 aliphatic carbocycles. The van der Waals surface area contributed by atoms with Crippen molar-refractivity contribution < 1.29 is 27.0 Å². The summed E-state index contributed by atoms with van der Waals surface area (Å²) in [5.74, 6) is 1.40. The van der Waals surface area contributed by atoms with Crippen molar-refractivity contribution in [3.05, 3.63) is 63.9 Å². The van der Waals surface area contributed by atoms with Gasteiger partial charge in [0.25, 0.3) is 0 Å². The lowest BCUT2D eigenvalue weighted by Crippen LogP contribution is -2.12. The van der Waals surface area contributed by atoms with Crippen LogP contribution in [-0.2, 0) is 9.84 Å². The van der Waals surface area contributed by atoms with Gasteiger partial charge in [0.2, 0.25) is 9.84 Å². The average Bonchev–Trinajstić information content (AvgIpc) is 2.71. The normalized spacial score (nSPS) is 11.7. The molecule has 8 heteroatoms. The zero-order valence-electron chi connectivity index (χ0n) is 15.5. The highest BCUT2D eigenvalue weighted by Crippen LogP contribution is 2.31. The predicted octanol–water partition coefficient (Wildman–Crippen LogP) is 3.26. The number of ether oxygens (including phenoxy) is 3. The third-order valence-corrected chi connectivity index (χ3v) is 5.47. The Hall–Kier alpha value is -3.26. The van der Waals surface area contributed by atoms with Crippen molar-refractivity contribution in [1.82, 2.24) is 0 Å². The van der Waals surface area contributed by atoms with E-state index in [1.807, 2.05) is 0 Å². The van der Waals surface area contributed by atoms with Gasteiger partial charge in [-0.15, -0.1) is 0 Å². The molecule has 2 aromatic carbocycles. The van der Waals surface area contributed by atoms with E-state index < -0.39 is 20.4 Å². The van der Waals surface area contributed by atoms with Crippen LogP contribution in [0, 0.1) is 0 Å². The molecule has 0 fully saturated rings. The van der Waals surface area contributed by atoms with Crippen LogP contribution in [0.25, 0.3) is 17.0 Å². The van der Waals surface area contributed by atoms with Gasteiger partial charge in [-0.25, -0.2) is 13.2 Å². The molecule has 0 bridgehead atoms. The molecule has 0 aliphatic rings. The lowest BCUT2D eigenvalue weighted by Gasteiger charge is -2.08. The van der Waals surface area contributed by atoms with Gasteiger partial charge in [-0.1, -0.05) is 12.1 Å². The maximum absolute atomic E-state index is 12.7. The van der Waals surface area contributed by atoms with Crippen LogP contribution in [0.3, 0.4) is 0 Å². The zero-order chi connectivity index (χ0) is 20.3. The smallest absolute Gasteiger partial charge is 0.355 e. The van der Waals surface area contributed by atoms with E-state index in [0.29, 0.717) is 28.2 Å². The molecule has 3 rings (SSSR count). The Labute approximate surface area is 161 Å². The highest BCUT2D eigenvalue weighted by molar-refractivity contribution is 7.94. The molecule has 0 spiro atoms. The van der Waals surface area contributed by atoms with Crippen molar-refractivity contribution in [3.63, 3.8) is 0 Å². The molecule has 146 valence electrons. The SMILES string of the molecule is COc1ccc(/C=C/S(=O)(=O)c2cc3c(OC)cc(OC)cc3oc2=O)cc1. The van der Waals surface area contributed by atoms with Crippen LogP contribution in [0.2, 0.25) is 0 Å². The van der Waals surface area contributed by atoms with Gasteiger partial charge >= 0.3 is 5.63 Å². The van der Waals surface area contributed by atoms with Crippen molar-refractivity contribution in [1.29, 1.82) is 0 Å². The molecule has 0 N–H and O–H groups in total. The molecule has 28 heavy (non-hydrogen) atoms. The van der Waals surface area contributed by atoms with E-state index in [4.69, 9.17) is 18.6 Å². The first-order valence-electron chi connectivity index (χ1n) is 8.15. The van der Waals surface area contributed by atoms with Gasteiger partial charge in [-0.2, -0.15) is 0 Å². The molecule has 0 saturated heterocycles. The van der Waals surface area contributed by atoms with E-state index in [1.165, 1.54) is 39.5 Å². The maximum Gasteiger partial charge on any atom is 0.355 e. The standard InChI is InChI=1S/C20H18O7S/c1-24-14-6-4-13(5-7-14)8-9-28(22,23)19-12-16-17(26-3)10-15(25-2)11-18(16)27-20(19)21/h4-12H,1-3H3/b9-8+. The fourth-order valence-corrected chi connectivity index (χ4v) is 3.62. The van der Waals surface area contributed by atoms with Gasteiger partial charge in [0, 0.05) is 17.5 Å². The average molecular weight is 402 g/mol. The van der Waals surface area contributed by atoms with E-state index in [2.05, 4.69) is 0 Å². The van der Waals surface area contributed by atoms with E-state index in [0.717, 1.165) is 5.41 Å². The van der Waals surface area contributed by atoms with E-state index in [-0.39, 0.29) is 5.58 Å². The zero-order valence-corrected chi connectivity index (χ0v) is 16.3. The summed E-state index contributed by atoms with van der Waals surface area (Å²) >= 11 is 0. The molecule has 7 nitrogen and oxygen atoms in total. The summed E-state index contributed by atoms with van der Waals surface area (Å²) in [5, 5.41) is 1.31. The lowest BCUT2D eigenvalue weighted by atomic mass is 10.2. The topological polar surface area (TPSA) is 92.0 Å². The van der Waals surface area contributed by atoms with Crippen LogP contribution in [-0.4, -0.2) is 29.7 Å². The van der Waals surface area contributed by atoms with Gasteiger partial charge in [-0.05, 0) is 29.8 Å². The molecule has 0 aliphatic heterocycles. The summed E-state index contributed by atoms with van der Waals surface area (Å²) < 4.78 is 46.0. The quantitative estimate of drug-likeness (QED) is 0.584. The van der Waals surface area contributed by atoms with Gasteiger partial charge in [0.15, 0.2) is 4.90 Å². The molecular formula is C20H18O7S. The second-order valence-electron chi connectivity index (χ2n) is 5.76. The van der Waals surface area contributed by atoms with Gasteiger partial charge in [-0.3, -0.25) is 0 Å². The summed E-state index contributed by atoms with van der Waals surface area (Å²) in [5.41, 5.74) is -0.168. The maximum atomic E-state index is 12.7. The first-order chi connectivity index (χ1) is 13.4. The van der Waals surface area contributed by atoms with Crippen LogP contribution in [0.1, 0.15) is 5.56 Å². The minimum atomic E-state index is -4.04. The number of rotatable bonds is 6. The monoisotopic (exact) mass is 402 g/mol. The Morgan fingerprint density at radius 3 is 2.18 bits per heavy atom. The number of hydrogen-bond acceptors (Lipinski definition) is 7. The van der Waals surface area contributed by atoms with Crippen molar-refractivity contribution in [2.24, 2.45) is 0 Å². The van der Waals surface area contributed by atoms with Crippen LogP contribution < -0.4 is 19.8 Å². The molecular weight excluding hydrogens is 384 g/mol. The van der Waals surface area contributed by atoms with Crippen LogP contribution in [0.15, 0.2) is 62.0 Å². The lowest BCUT2D eigenvalue weighted by molar-refractivity contribution is 0.395. The minimum absolute atomic E-state index is 0.166. The Kier molecular flexibility index (Phi) is 5.41. The Bertz CT molecular complexity index is 1190. The number of fused-ring (bicyclic) bond motifs is 1. The molecule has 0 amide bonds. The highest BCUT2D eigenvalue weighted by Gasteiger charge is 2.20. The highest BCUT2D eigenvalue weighted by atomic mass is 32.2. The van der Waals surface area contributed by atoms with Gasteiger partial charge in [0.05, 0.1) is 26.7 Å². The van der Waals surface area contributed by atoms with E-state index in [1.54, 1.807) is 30.3 Å². The van der Waals surface area contributed by atoms with E-state index in [9.17, 15) is 13.2 Å². The summed E-state index contributed by atoms with van der Waals surface area (Å²) in [7, 11) is 0.386. The Morgan fingerprint density at radius 1 is 0.893 bits per heavy atom. The largest absolute Gasteiger partial charge is 0.497 e. The van der Waals surface area contributed by atoms with Crippen LogP contribution in [0.5, 0.6) is 17.2 Å². The van der Waals surface area contributed by atoms with Gasteiger partial charge < -0.3 is 18.6 Å². The Balaban J connectivity index is 2.06. The van der Waals surface area contributed by atoms with Gasteiger partial charge in [0.1, 0.15) is 22.8 Å². The van der Waals surface area contributed by atoms with E-state index >= 15 is 0 Å². The molecule has 1 heterocycles. The number of sulfone groups is 1. The fourth-order valence-electron chi connectivity index (χ4n) is 2.59. The van der Waals surface area contributed by atoms with Crippen molar-refractivity contribution >= 4 is 26.9 Å². The molecule has 3 aromatic rings. The van der Waals surface area contributed by atoms with Crippen LogP contribution >= 0.6 is 0 Å². The van der Waals surface area contributed by atoms with Crippen LogP contribution in [0.4, 0.5) is 0 Å². The first-order valence-corrected chi connectivity index (χ1v) is 9.69. The number of benzene rings is 2. The summed E-state index contributed by atoms with van der Waals surface area (Å²) in [6.45, 7) is 0. The minimum Gasteiger partial charge on any atom is -0.497 e. The second kappa shape index (κ2) is 7.77. The van der Waals surface area contributed by atoms with Crippen molar-refractivity contribution in [3.8, 4) is 17.2 Å². The predicted molar refractivity (Wildman–Crippen MR) is 105 cm³/mol. The molecule has 0 saturated carbocycles. The third kappa shape index (κ3) is 3.86. The first kappa shape index (κ1) is 19.5. The summed E-state index contributed by atoms with van der Waals surface area (Å²) in [6, 6.07) is 11.1. The molecule has 1 aromatic heterocycles. The summed E-state index contributed by atoms with van der Waals surface area (Å²) in [6.07, 6.45) is 1.39. The summed E-state index contributed by atoms with van der Waals surface area (Å²) in [4.78, 5) is 11.8. The second-order valence-corrected chi connectivity index (χ2v) is 7.56. The van der Waals surface area contributed by atoms with Crippen molar-refractivity contribution in [2.45, 2.75) is 4.90 Å². The Morgan fingerprint density at radius 2 is 1.57 bits per heavy atom. The third-order valence-electron chi connectivity index (χ3n) is 4.07. The number of methoxy groups -OCH3 is 3. The fraction of sp³-hybridized carbons (Fsp3) is 0.150. The molecule has 0 radical (unpaired) electrons. The van der Waals surface area contributed by atoms with Crippen molar-refractivity contribution in [2.75, 3.05) is 21.3 Å². The molecule has 0 unspecified atom stereocenters.